The highest BCUT2D eigenvalue weighted by atomic mass is 32.2. The number of nitrogens with one attached hydrogen (secondary N) is 1. The first-order valence-electron chi connectivity index (χ1n) is 9.29. The first-order valence-corrected chi connectivity index (χ1v) is 10.9. The predicted octanol–water partition coefficient (Wildman–Crippen LogP) is 2.08. The third-order valence-electron chi connectivity index (χ3n) is 4.79. The van der Waals surface area contributed by atoms with E-state index in [-0.39, 0.29) is 5.75 Å². The Morgan fingerprint density at radius 1 is 1.07 bits per heavy atom. The summed E-state index contributed by atoms with van der Waals surface area (Å²) in [6.07, 6.45) is 0. The van der Waals surface area contributed by atoms with Gasteiger partial charge in [0.25, 0.3) is 0 Å². The second-order valence-corrected chi connectivity index (χ2v) is 8.59. The molecule has 6 nitrogen and oxygen atoms in total. The number of methoxy groups -OCH3 is 1. The van der Waals surface area contributed by atoms with Gasteiger partial charge >= 0.3 is 0 Å². The lowest BCUT2D eigenvalue weighted by molar-refractivity contribution is 0.261. The number of anilines is 1. The molecule has 28 heavy (non-hydrogen) atoms. The van der Waals surface area contributed by atoms with Gasteiger partial charge in [-0.05, 0) is 29.8 Å². The van der Waals surface area contributed by atoms with Crippen LogP contribution >= 0.6 is 0 Å². The molecule has 0 atom stereocenters. The molecule has 0 aromatic heterocycles. The van der Waals surface area contributed by atoms with Gasteiger partial charge in [-0.3, -0.25) is 4.90 Å². The highest BCUT2D eigenvalue weighted by Gasteiger charge is 2.20. The van der Waals surface area contributed by atoms with Gasteiger partial charge in [-0.25, -0.2) is 17.5 Å². The summed E-state index contributed by atoms with van der Waals surface area (Å²) in [6, 6.07) is 13.6. The van der Waals surface area contributed by atoms with E-state index in [2.05, 4.69) is 20.6 Å². The Kier molecular flexibility index (Phi) is 6.88. The van der Waals surface area contributed by atoms with E-state index in [4.69, 9.17) is 4.74 Å². The number of nitrogens with zero attached hydrogens (tertiary/aromatic N) is 2. The third-order valence-corrected chi connectivity index (χ3v) is 6.15. The standard InChI is InChI=1S/C20H26FN3O3S/c1-27-20-8-3-2-7-19(20)24-13-11-23(12-14-24)10-9-22-28(25,26)16-17-5-4-6-18(21)15-17/h2-8,15,22H,9-14,16H2,1H3. The molecule has 0 amide bonds. The molecule has 0 saturated carbocycles. The molecule has 1 heterocycles. The number of benzene rings is 2. The van der Waals surface area contributed by atoms with Gasteiger partial charge in [0.05, 0.1) is 18.6 Å². The second-order valence-electron chi connectivity index (χ2n) is 6.78. The van der Waals surface area contributed by atoms with Crippen LogP contribution in [-0.2, 0) is 15.8 Å². The maximum absolute atomic E-state index is 13.2. The normalized spacial score (nSPS) is 15.6. The van der Waals surface area contributed by atoms with Crippen molar-refractivity contribution in [1.29, 1.82) is 0 Å². The van der Waals surface area contributed by atoms with Crippen LogP contribution < -0.4 is 14.4 Å². The van der Waals surface area contributed by atoms with Gasteiger partial charge in [0.2, 0.25) is 10.0 Å². The van der Waals surface area contributed by atoms with Crippen molar-refractivity contribution in [3.8, 4) is 5.75 Å². The quantitative estimate of drug-likeness (QED) is 0.726. The fraction of sp³-hybridized carbons (Fsp3) is 0.400. The van der Waals surface area contributed by atoms with Gasteiger partial charge < -0.3 is 9.64 Å². The Balaban J connectivity index is 1.44. The van der Waals surface area contributed by atoms with Gasteiger partial charge in [0.15, 0.2) is 0 Å². The zero-order chi connectivity index (χ0) is 20.0. The smallest absolute Gasteiger partial charge is 0.215 e. The van der Waals surface area contributed by atoms with Crippen LogP contribution in [0.25, 0.3) is 0 Å². The maximum Gasteiger partial charge on any atom is 0.215 e. The maximum atomic E-state index is 13.2. The average molecular weight is 408 g/mol. The molecule has 0 bridgehead atoms. The van der Waals surface area contributed by atoms with Crippen LogP contribution in [0.15, 0.2) is 48.5 Å². The Bertz CT molecular complexity index is 884. The number of sulfonamides is 1. The molecule has 0 spiro atoms. The third kappa shape index (κ3) is 5.67. The van der Waals surface area contributed by atoms with E-state index in [1.54, 1.807) is 13.2 Å². The molecule has 1 fully saturated rings. The second kappa shape index (κ2) is 9.36. The fourth-order valence-corrected chi connectivity index (χ4v) is 4.48. The molecule has 8 heteroatoms. The number of para-hydroxylation sites is 2. The van der Waals surface area contributed by atoms with Gasteiger partial charge in [-0.2, -0.15) is 0 Å². The van der Waals surface area contributed by atoms with Crippen LogP contribution in [0.3, 0.4) is 0 Å². The van der Waals surface area contributed by atoms with Crippen LogP contribution in [-0.4, -0.2) is 59.7 Å². The monoisotopic (exact) mass is 407 g/mol. The first-order chi connectivity index (χ1) is 13.5. The Hall–Kier alpha value is -2.16. The van der Waals surface area contributed by atoms with Crippen molar-refractivity contribution < 1.29 is 17.5 Å². The van der Waals surface area contributed by atoms with Crippen molar-refractivity contribution in [2.24, 2.45) is 0 Å². The summed E-state index contributed by atoms with van der Waals surface area (Å²) in [5.74, 6) is 0.216. The minimum atomic E-state index is -3.49. The van der Waals surface area contributed by atoms with Crippen LogP contribution in [0.1, 0.15) is 5.56 Å². The van der Waals surface area contributed by atoms with Crippen LogP contribution in [0.5, 0.6) is 5.75 Å². The van der Waals surface area contributed by atoms with Gasteiger partial charge in [-0.15, -0.1) is 0 Å². The summed E-state index contributed by atoms with van der Waals surface area (Å²) >= 11 is 0. The SMILES string of the molecule is COc1ccccc1N1CCN(CCNS(=O)(=O)Cc2cccc(F)c2)CC1. The number of piperazine rings is 1. The van der Waals surface area contributed by atoms with Crippen molar-refractivity contribution in [3.63, 3.8) is 0 Å². The van der Waals surface area contributed by atoms with Gasteiger partial charge in [0.1, 0.15) is 11.6 Å². The lowest BCUT2D eigenvalue weighted by atomic mass is 10.2. The number of ether oxygens (including phenoxy) is 1. The molecule has 0 radical (unpaired) electrons. The zero-order valence-electron chi connectivity index (χ0n) is 16.0. The topological polar surface area (TPSA) is 61.9 Å². The summed E-state index contributed by atoms with van der Waals surface area (Å²) in [6.45, 7) is 4.40. The van der Waals surface area contributed by atoms with Gasteiger partial charge in [-0.1, -0.05) is 24.3 Å². The molecule has 1 aliphatic rings. The van der Waals surface area contributed by atoms with Crippen molar-refractivity contribution in [3.05, 3.63) is 59.9 Å². The van der Waals surface area contributed by atoms with E-state index in [0.29, 0.717) is 18.7 Å². The van der Waals surface area contributed by atoms with Crippen LogP contribution in [0.4, 0.5) is 10.1 Å². The summed E-state index contributed by atoms with van der Waals surface area (Å²) < 4.78 is 45.6. The zero-order valence-corrected chi connectivity index (χ0v) is 16.8. The van der Waals surface area contributed by atoms with Crippen molar-refractivity contribution in [2.45, 2.75) is 5.75 Å². The van der Waals surface area contributed by atoms with Crippen LogP contribution in [0, 0.1) is 5.82 Å². The van der Waals surface area contributed by atoms with Crippen molar-refractivity contribution in [1.82, 2.24) is 9.62 Å². The average Bonchev–Trinajstić information content (AvgIpc) is 2.68. The highest BCUT2D eigenvalue weighted by Crippen LogP contribution is 2.28. The minimum Gasteiger partial charge on any atom is -0.495 e. The largest absolute Gasteiger partial charge is 0.495 e. The summed E-state index contributed by atoms with van der Waals surface area (Å²) in [5, 5.41) is 0. The van der Waals surface area contributed by atoms with Crippen molar-refractivity contribution >= 4 is 15.7 Å². The van der Waals surface area contributed by atoms with E-state index < -0.39 is 15.8 Å². The molecule has 0 unspecified atom stereocenters. The van der Waals surface area contributed by atoms with E-state index in [1.807, 2.05) is 18.2 Å². The lowest BCUT2D eigenvalue weighted by Crippen LogP contribution is -2.48. The minimum absolute atomic E-state index is 0.216. The predicted molar refractivity (Wildman–Crippen MR) is 109 cm³/mol. The molecule has 0 aliphatic carbocycles. The van der Waals surface area contributed by atoms with Crippen molar-refractivity contribution in [2.75, 3.05) is 51.3 Å². The Morgan fingerprint density at radius 2 is 1.82 bits per heavy atom. The number of hydrogen-bond donors (Lipinski definition) is 1. The first kappa shape index (κ1) is 20.6. The Morgan fingerprint density at radius 3 is 2.54 bits per heavy atom. The number of rotatable bonds is 8. The van der Waals surface area contributed by atoms with E-state index in [9.17, 15) is 12.8 Å². The van der Waals surface area contributed by atoms with E-state index >= 15 is 0 Å². The molecule has 1 N–H and O–H groups in total. The summed E-state index contributed by atoms with van der Waals surface area (Å²) in [4.78, 5) is 4.51. The molecule has 1 saturated heterocycles. The fourth-order valence-electron chi connectivity index (χ4n) is 3.36. The molecular formula is C20H26FN3O3S. The molecule has 2 aromatic rings. The molecule has 152 valence electrons. The molecule has 3 rings (SSSR count). The molecular weight excluding hydrogens is 381 g/mol. The lowest BCUT2D eigenvalue weighted by Gasteiger charge is -2.36. The highest BCUT2D eigenvalue weighted by molar-refractivity contribution is 7.88. The van der Waals surface area contributed by atoms with E-state index in [1.165, 1.54) is 18.2 Å². The van der Waals surface area contributed by atoms with E-state index in [0.717, 1.165) is 37.6 Å². The van der Waals surface area contributed by atoms with Gasteiger partial charge in [0, 0.05) is 39.3 Å². The van der Waals surface area contributed by atoms with Crippen LogP contribution in [0.2, 0.25) is 0 Å². The number of halogens is 1. The molecule has 2 aromatic carbocycles. The number of hydrogen-bond acceptors (Lipinski definition) is 5. The summed E-state index contributed by atoms with van der Waals surface area (Å²) in [7, 11) is -1.81. The summed E-state index contributed by atoms with van der Waals surface area (Å²) in [5.41, 5.74) is 1.53. The molecule has 1 aliphatic heterocycles. The Labute approximate surface area is 166 Å².